The van der Waals surface area contributed by atoms with Gasteiger partial charge in [0.25, 0.3) is 0 Å². The van der Waals surface area contributed by atoms with E-state index in [1.54, 1.807) is 19.4 Å². The number of ether oxygens (including phenoxy) is 1. The normalized spacial score (nSPS) is 10.2. The number of nitrogens with two attached hydrogens (primary N) is 1. The van der Waals surface area contributed by atoms with E-state index in [0.29, 0.717) is 12.2 Å². The Bertz CT molecular complexity index is 480. The molecule has 1 aromatic carbocycles. The Morgan fingerprint density at radius 3 is 2.82 bits per heavy atom. The molecule has 2 N–H and O–H groups in total. The van der Waals surface area contributed by atoms with Crippen LogP contribution in [0.25, 0.3) is 0 Å². The number of benzene rings is 1. The van der Waals surface area contributed by atoms with Gasteiger partial charge in [0.05, 0.1) is 19.9 Å². The van der Waals surface area contributed by atoms with Crippen molar-refractivity contribution in [1.82, 2.24) is 0 Å². The number of anilines is 2. The minimum absolute atomic E-state index is 0.686. The summed E-state index contributed by atoms with van der Waals surface area (Å²) < 4.78 is 10.5. The molecule has 0 aliphatic carbocycles. The number of methoxy groups -OCH3 is 1. The molecule has 0 fully saturated rings. The predicted octanol–water partition coefficient (Wildman–Crippen LogP) is 2.51. The predicted molar refractivity (Wildman–Crippen MR) is 68.2 cm³/mol. The SMILES string of the molecule is COc1cc(N)cc(N(C)Cc2ccco2)c1. The van der Waals surface area contributed by atoms with Crippen molar-refractivity contribution in [2.45, 2.75) is 6.54 Å². The van der Waals surface area contributed by atoms with Crippen molar-refractivity contribution in [2.24, 2.45) is 0 Å². The van der Waals surface area contributed by atoms with Crippen LogP contribution >= 0.6 is 0 Å². The smallest absolute Gasteiger partial charge is 0.123 e. The van der Waals surface area contributed by atoms with Gasteiger partial charge in [0.1, 0.15) is 11.5 Å². The maximum Gasteiger partial charge on any atom is 0.123 e. The molecule has 4 nitrogen and oxygen atoms in total. The molecule has 0 spiro atoms. The molecule has 0 bridgehead atoms. The molecule has 0 amide bonds. The van der Waals surface area contributed by atoms with Crippen LogP contribution in [0.1, 0.15) is 5.76 Å². The molecule has 90 valence electrons. The van der Waals surface area contributed by atoms with E-state index in [1.165, 1.54) is 0 Å². The lowest BCUT2D eigenvalue weighted by Crippen LogP contribution is -2.16. The van der Waals surface area contributed by atoms with E-state index >= 15 is 0 Å². The zero-order chi connectivity index (χ0) is 12.3. The van der Waals surface area contributed by atoms with Crippen LogP contribution in [0, 0.1) is 0 Å². The first-order valence-electron chi connectivity index (χ1n) is 5.37. The van der Waals surface area contributed by atoms with E-state index in [1.807, 2.05) is 31.3 Å². The van der Waals surface area contributed by atoms with Gasteiger partial charge in [-0.05, 0) is 18.2 Å². The molecule has 0 atom stereocenters. The fourth-order valence-corrected chi connectivity index (χ4v) is 1.67. The number of furan rings is 1. The molecule has 0 radical (unpaired) electrons. The summed E-state index contributed by atoms with van der Waals surface area (Å²) in [5.41, 5.74) is 7.50. The minimum atomic E-state index is 0.686. The Labute approximate surface area is 101 Å². The number of rotatable bonds is 4. The molecule has 1 aromatic heterocycles. The summed E-state index contributed by atoms with van der Waals surface area (Å²) >= 11 is 0. The molecule has 0 saturated heterocycles. The van der Waals surface area contributed by atoms with Gasteiger partial charge in [0, 0.05) is 30.6 Å². The van der Waals surface area contributed by atoms with Crippen molar-refractivity contribution in [3.8, 4) is 5.75 Å². The third kappa shape index (κ3) is 2.72. The van der Waals surface area contributed by atoms with Crippen molar-refractivity contribution in [1.29, 1.82) is 0 Å². The summed E-state index contributed by atoms with van der Waals surface area (Å²) in [6.45, 7) is 0.694. The Morgan fingerprint density at radius 1 is 1.35 bits per heavy atom. The van der Waals surface area contributed by atoms with Crippen molar-refractivity contribution in [3.63, 3.8) is 0 Å². The van der Waals surface area contributed by atoms with Crippen LogP contribution in [0.2, 0.25) is 0 Å². The summed E-state index contributed by atoms with van der Waals surface area (Å²) in [5.74, 6) is 1.67. The van der Waals surface area contributed by atoms with E-state index in [4.69, 9.17) is 14.9 Å². The second-order valence-electron chi connectivity index (χ2n) is 3.90. The minimum Gasteiger partial charge on any atom is -0.497 e. The molecule has 2 rings (SSSR count). The molecule has 0 unspecified atom stereocenters. The van der Waals surface area contributed by atoms with E-state index in [0.717, 1.165) is 17.2 Å². The summed E-state index contributed by atoms with van der Waals surface area (Å²) in [6, 6.07) is 9.47. The van der Waals surface area contributed by atoms with Crippen molar-refractivity contribution in [3.05, 3.63) is 42.4 Å². The number of hydrogen-bond donors (Lipinski definition) is 1. The highest BCUT2D eigenvalue weighted by Crippen LogP contribution is 2.25. The summed E-state index contributed by atoms with van der Waals surface area (Å²) in [7, 11) is 3.61. The third-order valence-electron chi connectivity index (χ3n) is 2.56. The third-order valence-corrected chi connectivity index (χ3v) is 2.56. The van der Waals surface area contributed by atoms with Gasteiger partial charge in [0.15, 0.2) is 0 Å². The molecule has 1 heterocycles. The van der Waals surface area contributed by atoms with Crippen LogP contribution in [0.15, 0.2) is 41.0 Å². The van der Waals surface area contributed by atoms with Crippen LogP contribution in [0.4, 0.5) is 11.4 Å². The van der Waals surface area contributed by atoms with E-state index in [2.05, 4.69) is 4.90 Å². The molecule has 0 aliphatic heterocycles. The highest BCUT2D eigenvalue weighted by atomic mass is 16.5. The lowest BCUT2D eigenvalue weighted by atomic mass is 10.2. The van der Waals surface area contributed by atoms with Crippen LogP contribution in [-0.2, 0) is 6.54 Å². The van der Waals surface area contributed by atoms with Gasteiger partial charge in [-0.2, -0.15) is 0 Å². The highest BCUT2D eigenvalue weighted by Gasteiger charge is 2.06. The van der Waals surface area contributed by atoms with Crippen LogP contribution in [0.3, 0.4) is 0 Å². The van der Waals surface area contributed by atoms with Crippen molar-refractivity contribution < 1.29 is 9.15 Å². The van der Waals surface area contributed by atoms with Gasteiger partial charge in [-0.1, -0.05) is 0 Å². The van der Waals surface area contributed by atoms with Gasteiger partial charge in [-0.15, -0.1) is 0 Å². The molecule has 0 aliphatic rings. The Kier molecular flexibility index (Phi) is 3.23. The van der Waals surface area contributed by atoms with Gasteiger partial charge in [-0.25, -0.2) is 0 Å². The van der Waals surface area contributed by atoms with E-state index in [-0.39, 0.29) is 0 Å². The highest BCUT2D eigenvalue weighted by molar-refractivity contribution is 5.60. The molecular weight excluding hydrogens is 216 g/mol. The van der Waals surface area contributed by atoms with Gasteiger partial charge in [-0.3, -0.25) is 0 Å². The second-order valence-corrected chi connectivity index (χ2v) is 3.90. The van der Waals surface area contributed by atoms with Crippen LogP contribution in [0.5, 0.6) is 5.75 Å². The number of nitrogen functional groups attached to an aromatic ring is 1. The zero-order valence-electron chi connectivity index (χ0n) is 10.0. The average Bonchev–Trinajstić information content (AvgIpc) is 2.81. The molecule has 0 saturated carbocycles. The van der Waals surface area contributed by atoms with Crippen LogP contribution in [-0.4, -0.2) is 14.2 Å². The fraction of sp³-hybridized carbons (Fsp3) is 0.231. The van der Waals surface area contributed by atoms with Gasteiger partial charge >= 0.3 is 0 Å². The Hall–Kier alpha value is -2.10. The first kappa shape index (κ1) is 11.4. The van der Waals surface area contributed by atoms with Crippen molar-refractivity contribution >= 4 is 11.4 Å². The van der Waals surface area contributed by atoms with E-state index in [9.17, 15) is 0 Å². The molecule has 2 aromatic rings. The first-order chi connectivity index (χ1) is 8.19. The zero-order valence-corrected chi connectivity index (χ0v) is 10.0. The van der Waals surface area contributed by atoms with Crippen molar-refractivity contribution in [2.75, 3.05) is 24.8 Å². The quantitative estimate of drug-likeness (QED) is 0.823. The average molecular weight is 232 g/mol. The second kappa shape index (κ2) is 4.82. The first-order valence-corrected chi connectivity index (χ1v) is 5.37. The lowest BCUT2D eigenvalue weighted by molar-refractivity contribution is 0.415. The molecular formula is C13H16N2O2. The lowest BCUT2D eigenvalue weighted by Gasteiger charge is -2.19. The summed E-state index contributed by atoms with van der Waals surface area (Å²) in [6.07, 6.45) is 1.67. The van der Waals surface area contributed by atoms with E-state index < -0.39 is 0 Å². The maximum absolute atomic E-state index is 5.82. The topological polar surface area (TPSA) is 51.6 Å². The summed E-state index contributed by atoms with van der Waals surface area (Å²) in [5, 5.41) is 0. The van der Waals surface area contributed by atoms with Gasteiger partial charge in [0.2, 0.25) is 0 Å². The molecule has 17 heavy (non-hydrogen) atoms. The Balaban J connectivity index is 2.18. The van der Waals surface area contributed by atoms with Gasteiger partial charge < -0.3 is 19.8 Å². The standard InChI is InChI=1S/C13H16N2O2/c1-15(9-12-4-3-5-17-12)11-6-10(14)7-13(8-11)16-2/h3-8H,9,14H2,1-2H3. The molecule has 4 heteroatoms. The maximum atomic E-state index is 5.82. The van der Waals surface area contributed by atoms with Crippen LogP contribution < -0.4 is 15.4 Å². The number of hydrogen-bond acceptors (Lipinski definition) is 4. The monoisotopic (exact) mass is 232 g/mol. The fourth-order valence-electron chi connectivity index (χ4n) is 1.67. The number of nitrogens with zero attached hydrogens (tertiary/aromatic N) is 1. The summed E-state index contributed by atoms with van der Waals surface area (Å²) in [4.78, 5) is 2.05. The Morgan fingerprint density at radius 2 is 2.18 bits per heavy atom. The largest absolute Gasteiger partial charge is 0.497 e.